The van der Waals surface area contributed by atoms with Crippen molar-refractivity contribution in [2.45, 2.75) is 25.2 Å². The lowest BCUT2D eigenvalue weighted by Gasteiger charge is -2.16. The monoisotopic (exact) mass is 545 g/mol. The van der Waals surface area contributed by atoms with Gasteiger partial charge in [-0.1, -0.05) is 57.0 Å². The smallest absolute Gasteiger partial charge is 0.209 e. The average Bonchev–Trinajstić information content (AvgIpc) is 3.14. The van der Waals surface area contributed by atoms with Gasteiger partial charge in [0, 0.05) is 46.0 Å². The highest BCUT2D eigenvalue weighted by atomic mass is 79.9. The molecule has 3 aromatic rings. The molecule has 0 spiro atoms. The summed E-state index contributed by atoms with van der Waals surface area (Å²) < 4.78 is 14.4. The molecule has 3 rings (SSSR count). The number of benzene rings is 2. The molecule has 31 heavy (non-hydrogen) atoms. The van der Waals surface area contributed by atoms with Gasteiger partial charge in [-0.05, 0) is 47.2 Å². The van der Waals surface area contributed by atoms with Gasteiger partial charge >= 0.3 is 0 Å². The minimum Gasteiger partial charge on any atom is -0.490 e. The molecule has 2 aromatic carbocycles. The van der Waals surface area contributed by atoms with Gasteiger partial charge in [-0.25, -0.2) is 4.68 Å². The molecule has 7 nitrogen and oxygen atoms in total. The standard InChI is InChI=1S/C20H22BrCl2N5O2S/c1-3-29-18-8-14(11-24-6-7-31-20-25-26-27-28(20)2)16(21)10-19(18)30-12-13-4-5-15(22)9-17(13)23/h4-5,8-10,24H,3,6-7,11-12H2,1-2H3. The third-order valence-electron chi connectivity index (χ3n) is 4.22. The molecule has 0 saturated carbocycles. The Balaban J connectivity index is 1.59. The molecule has 1 aromatic heterocycles. The highest BCUT2D eigenvalue weighted by molar-refractivity contribution is 9.10. The molecule has 0 aliphatic rings. The average molecular weight is 547 g/mol. The van der Waals surface area contributed by atoms with E-state index in [0.29, 0.717) is 41.3 Å². The first-order valence-electron chi connectivity index (χ1n) is 9.55. The molecule has 0 amide bonds. The maximum atomic E-state index is 6.25. The van der Waals surface area contributed by atoms with Gasteiger partial charge in [-0.3, -0.25) is 0 Å². The van der Waals surface area contributed by atoms with Crippen LogP contribution >= 0.6 is 50.9 Å². The van der Waals surface area contributed by atoms with Gasteiger partial charge in [0.05, 0.1) is 6.61 Å². The Hall–Kier alpha value is -1.52. The Morgan fingerprint density at radius 3 is 2.65 bits per heavy atom. The molecule has 0 unspecified atom stereocenters. The summed E-state index contributed by atoms with van der Waals surface area (Å²) in [5.74, 6) is 2.19. The van der Waals surface area contributed by atoms with Crippen molar-refractivity contribution in [1.82, 2.24) is 25.5 Å². The maximum Gasteiger partial charge on any atom is 0.209 e. The summed E-state index contributed by atoms with van der Waals surface area (Å²) in [6.07, 6.45) is 0. The first-order chi connectivity index (χ1) is 15.0. The number of nitrogens with one attached hydrogen (secondary N) is 1. The Bertz CT molecular complexity index is 1020. The van der Waals surface area contributed by atoms with E-state index in [2.05, 4.69) is 36.8 Å². The van der Waals surface area contributed by atoms with E-state index < -0.39 is 0 Å². The summed E-state index contributed by atoms with van der Waals surface area (Å²) in [6, 6.07) is 9.26. The number of hydrogen-bond acceptors (Lipinski definition) is 7. The van der Waals surface area contributed by atoms with Crippen molar-refractivity contribution in [3.63, 3.8) is 0 Å². The summed E-state index contributed by atoms with van der Waals surface area (Å²) >= 11 is 17.5. The predicted octanol–water partition coefficient (Wildman–Crippen LogP) is 5.14. The Labute approximate surface area is 203 Å². The summed E-state index contributed by atoms with van der Waals surface area (Å²) in [5, 5.41) is 16.8. The number of aromatic nitrogens is 4. The van der Waals surface area contributed by atoms with Gasteiger partial charge in [-0.2, -0.15) is 0 Å². The van der Waals surface area contributed by atoms with E-state index in [1.807, 2.05) is 32.2 Å². The van der Waals surface area contributed by atoms with Crippen LogP contribution in [-0.2, 0) is 20.2 Å². The summed E-state index contributed by atoms with van der Waals surface area (Å²) in [4.78, 5) is 0. The molecule has 0 fully saturated rings. The van der Waals surface area contributed by atoms with Crippen LogP contribution in [0, 0.1) is 0 Å². The molecular weight excluding hydrogens is 525 g/mol. The molecule has 11 heteroatoms. The topological polar surface area (TPSA) is 74.1 Å². The molecule has 0 aliphatic carbocycles. The van der Waals surface area contributed by atoms with Gasteiger partial charge in [-0.15, -0.1) is 5.10 Å². The lowest BCUT2D eigenvalue weighted by Crippen LogP contribution is -2.17. The van der Waals surface area contributed by atoms with E-state index in [-0.39, 0.29) is 0 Å². The van der Waals surface area contributed by atoms with Crippen molar-refractivity contribution in [3.05, 3.63) is 56.0 Å². The van der Waals surface area contributed by atoms with Crippen molar-refractivity contribution in [1.29, 1.82) is 0 Å². The summed E-state index contributed by atoms with van der Waals surface area (Å²) in [6.45, 7) is 4.28. The maximum absolute atomic E-state index is 6.25. The fourth-order valence-electron chi connectivity index (χ4n) is 2.67. The van der Waals surface area contributed by atoms with Crippen molar-refractivity contribution in [3.8, 4) is 11.5 Å². The number of rotatable bonds is 11. The second kappa shape index (κ2) is 11.9. The molecule has 0 aliphatic heterocycles. The largest absolute Gasteiger partial charge is 0.490 e. The van der Waals surface area contributed by atoms with E-state index in [4.69, 9.17) is 32.7 Å². The molecule has 0 saturated heterocycles. The van der Waals surface area contributed by atoms with E-state index in [0.717, 1.165) is 33.1 Å². The SMILES string of the molecule is CCOc1cc(CNCCSc2nnnn2C)c(Br)cc1OCc1ccc(Cl)cc1Cl. The zero-order chi connectivity index (χ0) is 22.2. The van der Waals surface area contributed by atoms with Crippen LogP contribution in [0.15, 0.2) is 40.0 Å². The second-order valence-electron chi connectivity index (χ2n) is 6.46. The van der Waals surface area contributed by atoms with Gasteiger partial charge < -0.3 is 14.8 Å². The summed E-state index contributed by atoms with van der Waals surface area (Å²) in [5.41, 5.74) is 1.93. The summed E-state index contributed by atoms with van der Waals surface area (Å²) in [7, 11) is 1.83. The number of thioether (sulfide) groups is 1. The van der Waals surface area contributed by atoms with Crippen LogP contribution in [0.4, 0.5) is 0 Å². The van der Waals surface area contributed by atoms with Gasteiger partial charge in [0.2, 0.25) is 5.16 Å². The Kier molecular flexibility index (Phi) is 9.28. The minimum atomic E-state index is 0.314. The molecular formula is C20H22BrCl2N5O2S. The highest BCUT2D eigenvalue weighted by Crippen LogP contribution is 2.35. The number of ether oxygens (including phenoxy) is 2. The first kappa shape index (κ1) is 24.1. The van der Waals surface area contributed by atoms with E-state index >= 15 is 0 Å². The highest BCUT2D eigenvalue weighted by Gasteiger charge is 2.12. The van der Waals surface area contributed by atoms with Crippen LogP contribution in [0.5, 0.6) is 11.5 Å². The lowest BCUT2D eigenvalue weighted by molar-refractivity contribution is 0.269. The zero-order valence-corrected chi connectivity index (χ0v) is 21.0. The van der Waals surface area contributed by atoms with E-state index in [1.165, 1.54) is 0 Å². The minimum absolute atomic E-state index is 0.314. The third kappa shape index (κ3) is 6.98. The van der Waals surface area contributed by atoms with Crippen molar-refractivity contribution >= 4 is 50.9 Å². The number of halogens is 3. The normalized spacial score (nSPS) is 11.0. The first-order valence-corrected chi connectivity index (χ1v) is 12.1. The number of tetrazole rings is 1. The second-order valence-corrected chi connectivity index (χ2v) is 9.22. The van der Waals surface area contributed by atoms with E-state index in [1.54, 1.807) is 28.6 Å². The molecule has 1 N–H and O–H groups in total. The number of aryl methyl sites for hydroxylation is 1. The van der Waals surface area contributed by atoms with Gasteiger partial charge in [0.25, 0.3) is 0 Å². The van der Waals surface area contributed by atoms with Crippen LogP contribution < -0.4 is 14.8 Å². The molecule has 0 bridgehead atoms. The van der Waals surface area contributed by atoms with Crippen LogP contribution in [0.3, 0.4) is 0 Å². The quantitative estimate of drug-likeness (QED) is 0.263. The van der Waals surface area contributed by atoms with Crippen molar-refractivity contribution in [2.75, 3.05) is 18.9 Å². The van der Waals surface area contributed by atoms with Crippen LogP contribution in [-0.4, -0.2) is 39.1 Å². The van der Waals surface area contributed by atoms with Crippen molar-refractivity contribution < 1.29 is 9.47 Å². The molecule has 0 radical (unpaired) electrons. The van der Waals surface area contributed by atoms with Gasteiger partial charge in [0.15, 0.2) is 11.5 Å². The fraction of sp³-hybridized carbons (Fsp3) is 0.350. The number of nitrogens with zero attached hydrogens (tertiary/aromatic N) is 4. The lowest BCUT2D eigenvalue weighted by atomic mass is 10.2. The van der Waals surface area contributed by atoms with Gasteiger partial charge in [0.1, 0.15) is 6.61 Å². The Morgan fingerprint density at radius 1 is 1.13 bits per heavy atom. The molecule has 1 heterocycles. The van der Waals surface area contributed by atoms with Crippen LogP contribution in [0.2, 0.25) is 10.0 Å². The zero-order valence-electron chi connectivity index (χ0n) is 17.1. The molecule has 166 valence electrons. The van der Waals surface area contributed by atoms with Crippen molar-refractivity contribution in [2.24, 2.45) is 7.05 Å². The third-order valence-corrected chi connectivity index (χ3v) is 6.56. The van der Waals surface area contributed by atoms with E-state index in [9.17, 15) is 0 Å². The van der Waals surface area contributed by atoms with Crippen LogP contribution in [0.1, 0.15) is 18.1 Å². The molecule has 0 atom stereocenters. The predicted molar refractivity (Wildman–Crippen MR) is 127 cm³/mol. The Morgan fingerprint density at radius 2 is 1.94 bits per heavy atom. The number of hydrogen-bond donors (Lipinski definition) is 1. The van der Waals surface area contributed by atoms with Crippen LogP contribution in [0.25, 0.3) is 0 Å². The fourth-order valence-corrected chi connectivity index (χ4v) is 4.34.